The Morgan fingerprint density at radius 1 is 1.04 bits per heavy atom. The van der Waals surface area contributed by atoms with Gasteiger partial charge in [0.2, 0.25) is 5.95 Å². The van der Waals surface area contributed by atoms with Crippen LogP contribution in [0.5, 0.6) is 0 Å². The topological polar surface area (TPSA) is 243 Å². The van der Waals surface area contributed by atoms with Gasteiger partial charge in [-0.1, -0.05) is 12.2 Å². The zero-order valence-electron chi connectivity index (χ0n) is 22.3. The number of thioether (sulfide) groups is 1. The summed E-state index contributed by atoms with van der Waals surface area (Å²) in [6.07, 6.45) is -6.24. The summed E-state index contributed by atoms with van der Waals surface area (Å²) >= 11 is 10.1. The van der Waals surface area contributed by atoms with Crippen LogP contribution in [0.1, 0.15) is 11.6 Å². The Balaban J connectivity index is 1.21. The average molecular weight is 727 g/mol. The Hall–Kier alpha value is -2.30. The molecule has 7 heterocycles. The van der Waals surface area contributed by atoms with Gasteiger partial charge in [0.15, 0.2) is 35.0 Å². The fourth-order valence-electron chi connectivity index (χ4n) is 5.23. The summed E-state index contributed by atoms with van der Waals surface area (Å²) < 4.78 is 76.0. The first-order valence-electron chi connectivity index (χ1n) is 12.9. The molecule has 3 aliphatic rings. The average Bonchev–Trinajstić information content (AvgIpc) is 3.72. The lowest BCUT2D eigenvalue weighted by Crippen LogP contribution is -2.34. The summed E-state index contributed by atoms with van der Waals surface area (Å²) in [5.41, 5.74) is 11.2. The van der Waals surface area contributed by atoms with E-state index >= 15 is 8.78 Å². The van der Waals surface area contributed by atoms with Gasteiger partial charge in [-0.15, -0.1) is 11.8 Å². The van der Waals surface area contributed by atoms with Gasteiger partial charge < -0.3 is 25.6 Å². The van der Waals surface area contributed by atoms with Crippen molar-refractivity contribution in [2.24, 2.45) is 0 Å². The second-order valence-corrected chi connectivity index (χ2v) is 17.1. The normalized spacial score (nSPS) is 37.7. The number of rotatable bonds is 2. The molecule has 7 rings (SSSR count). The van der Waals surface area contributed by atoms with Crippen molar-refractivity contribution in [1.29, 1.82) is 0 Å². The second-order valence-electron chi connectivity index (χ2n) is 10.0. The quantitative estimate of drug-likeness (QED) is 0.145. The molecule has 0 radical (unpaired) electrons. The summed E-state index contributed by atoms with van der Waals surface area (Å²) in [4.78, 5) is 45.8. The maximum atomic E-state index is 16.0. The van der Waals surface area contributed by atoms with E-state index in [2.05, 4.69) is 42.2 Å². The van der Waals surface area contributed by atoms with Gasteiger partial charge in [0.05, 0.1) is 31.1 Å². The third-order valence-electron chi connectivity index (χ3n) is 7.23. The fourth-order valence-corrected chi connectivity index (χ4v) is 9.78. The van der Waals surface area contributed by atoms with Crippen LogP contribution in [-0.2, 0) is 39.2 Å². The monoisotopic (exact) mass is 726 g/mol. The Morgan fingerprint density at radius 3 is 2.60 bits per heavy atom. The fraction of sp³-hybridized carbons (Fsp3) is 0.500. The van der Waals surface area contributed by atoms with Crippen LogP contribution in [0.4, 0.5) is 20.5 Å². The number of aromatic amines is 1. The molecule has 3 aliphatic heterocycles. The highest BCUT2D eigenvalue weighted by Crippen LogP contribution is 2.61. The molecule has 6 N–H and O–H groups in total. The van der Waals surface area contributed by atoms with Gasteiger partial charge in [-0.3, -0.25) is 32.5 Å². The van der Waals surface area contributed by atoms with Crippen molar-refractivity contribution in [2.75, 3.05) is 24.7 Å². The summed E-state index contributed by atoms with van der Waals surface area (Å²) in [6, 6.07) is 0. The van der Waals surface area contributed by atoms with Crippen molar-refractivity contribution in [2.45, 2.75) is 47.5 Å². The highest BCUT2D eigenvalue weighted by Gasteiger charge is 2.53. The molecule has 3 fully saturated rings. The van der Waals surface area contributed by atoms with Gasteiger partial charge in [0, 0.05) is 0 Å². The van der Waals surface area contributed by atoms with E-state index in [1.165, 1.54) is 21.8 Å². The minimum Gasteiger partial charge on any atom is -0.382 e. The van der Waals surface area contributed by atoms with E-state index in [1.54, 1.807) is 0 Å². The molecule has 242 valence electrons. The van der Waals surface area contributed by atoms with Gasteiger partial charge in [0.1, 0.15) is 41.7 Å². The standard InChI is InChI=1S/C20H22F2N10O8P2S3/c21-8-7-2-37-42(35,44)39-12-6(38-18(9(12)22)31-4-27-10-14(23)25-3-26-15(10)31)1-36-41(34,43)40-13(8)19(45-7)32-5-28-11-16(32)29-20(24)30-17(11)33/h3-9,12-13,18-19H,1-2H2,(H,34,43)(H,35,44)(H2,23,25,26)(H3,24,29,30,33)/t6-,7-,8-,9?,12-,13-,18-,19-,41?,42?/m1/s1. The van der Waals surface area contributed by atoms with Crippen LogP contribution < -0.4 is 17.0 Å². The van der Waals surface area contributed by atoms with Crippen molar-refractivity contribution in [1.82, 2.24) is 39.0 Å². The van der Waals surface area contributed by atoms with Gasteiger partial charge in [0.25, 0.3) is 5.56 Å². The van der Waals surface area contributed by atoms with Crippen LogP contribution in [0.15, 0.2) is 23.8 Å². The van der Waals surface area contributed by atoms with Crippen molar-refractivity contribution in [3.8, 4) is 0 Å². The molecule has 4 aromatic heterocycles. The van der Waals surface area contributed by atoms with E-state index < -0.39 is 79.8 Å². The molecule has 10 atom stereocenters. The number of fused-ring (bicyclic) bond motifs is 5. The molecule has 0 aliphatic carbocycles. The van der Waals surface area contributed by atoms with Crippen LogP contribution in [-0.4, -0.2) is 93.1 Å². The zero-order chi connectivity index (χ0) is 31.8. The smallest absolute Gasteiger partial charge is 0.382 e. The number of thiol groups is 1. The number of imidazole rings is 2. The van der Waals surface area contributed by atoms with E-state index in [1.807, 2.05) is 0 Å². The number of hydrogen-bond acceptors (Lipinski definition) is 16. The number of nitrogen functional groups attached to an aromatic ring is 2. The first-order valence-corrected chi connectivity index (χ1v) is 19.1. The molecular weight excluding hydrogens is 704 g/mol. The van der Waals surface area contributed by atoms with Crippen LogP contribution in [0.2, 0.25) is 0 Å². The third-order valence-corrected chi connectivity index (χ3v) is 11.9. The number of nitrogens with two attached hydrogens (primary N) is 2. The van der Waals surface area contributed by atoms with Gasteiger partial charge in [-0.2, -0.15) is 4.98 Å². The van der Waals surface area contributed by atoms with Crippen molar-refractivity contribution in [3.63, 3.8) is 0 Å². The van der Waals surface area contributed by atoms with E-state index in [0.29, 0.717) is 0 Å². The van der Waals surface area contributed by atoms with E-state index in [9.17, 15) is 14.3 Å². The van der Waals surface area contributed by atoms with Crippen molar-refractivity contribution < 1.29 is 41.1 Å². The highest BCUT2D eigenvalue weighted by atomic mass is 32.7. The van der Waals surface area contributed by atoms with Crippen LogP contribution in [0.25, 0.3) is 22.3 Å². The summed E-state index contributed by atoms with van der Waals surface area (Å²) in [5, 5.41) is -2.15. The molecule has 0 amide bonds. The number of anilines is 2. The molecule has 18 nitrogen and oxygen atoms in total. The first kappa shape index (κ1) is 31.3. The van der Waals surface area contributed by atoms with Crippen LogP contribution >= 0.6 is 37.5 Å². The maximum absolute atomic E-state index is 16.0. The predicted octanol–water partition coefficient (Wildman–Crippen LogP) is 1.38. The molecule has 45 heavy (non-hydrogen) atoms. The number of aromatic nitrogens is 8. The Bertz CT molecular complexity index is 1950. The Morgan fingerprint density at radius 2 is 1.80 bits per heavy atom. The Kier molecular flexibility index (Phi) is 7.96. The molecule has 0 saturated carbocycles. The lowest BCUT2D eigenvalue weighted by Gasteiger charge is -2.26. The second kappa shape index (κ2) is 11.4. The van der Waals surface area contributed by atoms with Crippen LogP contribution in [0, 0.1) is 0 Å². The molecule has 2 bridgehead atoms. The lowest BCUT2D eigenvalue weighted by atomic mass is 10.1. The highest BCUT2D eigenvalue weighted by molar-refractivity contribution is 8.44. The molecule has 0 aromatic carbocycles. The number of H-pyrrole nitrogens is 1. The number of alkyl halides is 2. The number of ether oxygens (including phenoxy) is 1. The van der Waals surface area contributed by atoms with Crippen LogP contribution in [0.3, 0.4) is 0 Å². The number of hydrogen-bond donors (Lipinski definition) is 5. The van der Waals surface area contributed by atoms with Crippen molar-refractivity contribution >= 4 is 83.4 Å². The van der Waals surface area contributed by atoms with E-state index in [0.717, 1.165) is 18.1 Å². The van der Waals surface area contributed by atoms with Gasteiger partial charge >= 0.3 is 13.5 Å². The summed E-state index contributed by atoms with van der Waals surface area (Å²) in [6.45, 7) is -9.87. The SMILES string of the molecule is Nc1nc2c(ncn2[C@@H]2S[C@@H]3COP(O)(=S)O[C@H]4C(F)[C@H](n5cnc6c(N)ncnc65)O[C@@H]4COP(=O)(S)O[C@@H]2[C@@H]3F)c(=O)[nH]1. The predicted molar refractivity (Wildman–Crippen MR) is 161 cm³/mol. The number of halogens is 2. The lowest BCUT2D eigenvalue weighted by molar-refractivity contribution is -0.0424. The zero-order valence-corrected chi connectivity index (χ0v) is 26.6. The third kappa shape index (κ3) is 5.67. The largest absolute Gasteiger partial charge is 0.386 e. The number of nitrogens with one attached hydrogen (secondary N) is 1. The molecule has 3 unspecified atom stereocenters. The van der Waals surface area contributed by atoms with E-state index in [4.69, 9.17) is 46.1 Å². The first-order chi connectivity index (χ1) is 21.3. The molecule has 25 heteroatoms. The maximum Gasteiger partial charge on any atom is 0.386 e. The summed E-state index contributed by atoms with van der Waals surface area (Å²) in [5.74, 6) is -0.168. The number of nitrogens with zero attached hydrogens (tertiary/aromatic N) is 7. The molecular formula is C20H22F2N10O8P2S3. The summed E-state index contributed by atoms with van der Waals surface area (Å²) in [7, 11) is 0. The molecule has 0 spiro atoms. The van der Waals surface area contributed by atoms with E-state index in [-0.39, 0.29) is 34.1 Å². The molecule has 4 aromatic rings. The minimum atomic E-state index is -4.42. The minimum absolute atomic E-state index is 0.00374. The van der Waals surface area contributed by atoms with Gasteiger partial charge in [-0.05, 0) is 11.8 Å². The van der Waals surface area contributed by atoms with Crippen molar-refractivity contribution in [3.05, 3.63) is 29.3 Å². The Labute approximate surface area is 264 Å². The molecule has 3 saturated heterocycles. The van der Waals surface area contributed by atoms with Gasteiger partial charge in [-0.25, -0.2) is 33.3 Å².